The molecule has 10 heteroatoms. The Labute approximate surface area is 156 Å². The number of phosphoric acid groups is 1. The predicted octanol–water partition coefficient (Wildman–Crippen LogP) is -1.29. The molecule has 0 aliphatic rings. The summed E-state index contributed by atoms with van der Waals surface area (Å²) in [6, 6.07) is 17.4. The molecule has 0 spiro atoms. The molecule has 2 aromatic carbocycles. The number of hydrogen-bond donors (Lipinski definition) is 4. The van der Waals surface area contributed by atoms with Crippen molar-refractivity contribution in [3.63, 3.8) is 0 Å². The minimum atomic E-state index is -4.64. The van der Waals surface area contributed by atoms with Crippen molar-refractivity contribution in [1.29, 1.82) is 0 Å². The number of halogens is 1. The molecule has 0 amide bonds. The molecule has 0 aromatic heterocycles. The van der Waals surface area contributed by atoms with E-state index < -0.39 is 25.4 Å². The van der Waals surface area contributed by atoms with Crippen LogP contribution in [0.25, 0.3) is 0 Å². The number of rotatable bonds is 2. The monoisotopic (exact) mass is 640 g/mol. The Morgan fingerprint density at radius 1 is 0.833 bits per heavy atom. The summed E-state index contributed by atoms with van der Waals surface area (Å²) in [5.41, 5.74) is 2.85. The van der Waals surface area contributed by atoms with Gasteiger partial charge in [-0.15, -0.1) is 0 Å². The van der Waals surface area contributed by atoms with E-state index in [1.807, 2.05) is 0 Å². The van der Waals surface area contributed by atoms with Crippen molar-refractivity contribution in [1.82, 2.24) is 0 Å². The van der Waals surface area contributed by atoms with Crippen LogP contribution in [0, 0.1) is 21.0 Å². The molecule has 0 unspecified atom stereocenters. The molecule has 0 aliphatic heterocycles. The standard InChI is InChI=1S/C14H14I.H3O4P.H2O.2O.W/c1-11-7-3-5-9-13(11)15-14-10-6-4-8-12(14)2;1-5(2,3)4;;;;/h3-10H,1-2H3;(H3,1,2,3,4);1H2;;;/q+1;;;;;+1/p-1. The van der Waals surface area contributed by atoms with Crippen molar-refractivity contribution >= 4 is 7.82 Å². The summed E-state index contributed by atoms with van der Waals surface area (Å²) in [6.45, 7) is 4.40. The van der Waals surface area contributed by atoms with Gasteiger partial charge in [-0.25, -0.2) is 4.57 Å². The summed E-state index contributed by atoms with van der Waals surface area (Å²) < 4.78 is 36.5. The van der Waals surface area contributed by atoms with E-state index in [1.165, 1.54) is 18.3 Å². The second-order valence-electron chi connectivity index (χ2n) is 4.32. The molecule has 0 atom stereocenters. The third-order valence-electron chi connectivity index (χ3n) is 2.36. The van der Waals surface area contributed by atoms with Gasteiger partial charge in [0.15, 0.2) is 7.14 Å². The summed E-state index contributed by atoms with van der Waals surface area (Å²) in [4.78, 5) is 21.6. The Balaban J connectivity index is 0.000000492. The SMILES string of the molecule is Cc1ccccc1[I+]c1ccccc1C.O=P(O)(O)O.[O]=[W](=[O])[OH]. The van der Waals surface area contributed by atoms with E-state index in [9.17, 15) is 0 Å². The molecule has 2 aromatic rings. The van der Waals surface area contributed by atoms with Gasteiger partial charge in [0, 0.05) is 11.1 Å². The van der Waals surface area contributed by atoms with Gasteiger partial charge in [-0.1, -0.05) is 36.4 Å². The molecule has 7 nitrogen and oxygen atoms in total. The van der Waals surface area contributed by atoms with Gasteiger partial charge >= 0.3 is 57.2 Å². The molecule has 0 heterocycles. The maximum absolute atomic E-state index is 8.88. The third-order valence-corrected chi connectivity index (χ3v) is 5.94. The Morgan fingerprint density at radius 3 is 1.33 bits per heavy atom. The molecule has 0 fully saturated rings. The summed E-state index contributed by atoms with van der Waals surface area (Å²) in [7, 11) is -4.64. The van der Waals surface area contributed by atoms with E-state index in [-0.39, 0.29) is 21.2 Å². The molecule has 133 valence electrons. The Bertz CT molecular complexity index is 699. The van der Waals surface area contributed by atoms with Crippen LogP contribution in [-0.2, 0) is 29.0 Å². The van der Waals surface area contributed by atoms with E-state index >= 15 is 0 Å². The van der Waals surface area contributed by atoms with Crippen LogP contribution in [0.15, 0.2) is 48.5 Å². The van der Waals surface area contributed by atoms with Crippen LogP contribution in [0.3, 0.4) is 0 Å². The zero-order valence-corrected chi connectivity index (χ0v) is 18.9. The van der Waals surface area contributed by atoms with Gasteiger partial charge in [0.25, 0.3) is 0 Å². The average Bonchev–Trinajstić information content (AvgIpc) is 2.41. The molecule has 4 N–H and O–H groups in total. The second-order valence-corrected chi connectivity index (χ2v) is 9.77. The molecule has 0 aliphatic carbocycles. The van der Waals surface area contributed by atoms with E-state index in [0.717, 1.165) is 0 Å². The third kappa shape index (κ3) is 13.9. The summed E-state index contributed by atoms with van der Waals surface area (Å²) >= 11 is -4.04. The topological polar surface area (TPSA) is 132 Å². The van der Waals surface area contributed by atoms with Gasteiger partial charge < -0.3 is 14.7 Å². The molecule has 0 saturated heterocycles. The summed E-state index contributed by atoms with van der Waals surface area (Å²) in [6.07, 6.45) is 0. The van der Waals surface area contributed by atoms with Crippen LogP contribution in [0.1, 0.15) is 11.1 Å². The Kier molecular flexibility index (Phi) is 11.7. The van der Waals surface area contributed by atoms with Gasteiger partial charge in [-0.2, -0.15) is 0 Å². The normalized spacial score (nSPS) is 9.92. The fourth-order valence-corrected chi connectivity index (χ4v) is 4.03. The van der Waals surface area contributed by atoms with Crippen LogP contribution in [0.4, 0.5) is 0 Å². The first-order valence-corrected chi connectivity index (χ1v) is 13.8. The molecule has 24 heavy (non-hydrogen) atoms. The van der Waals surface area contributed by atoms with Crippen LogP contribution in [0.2, 0.25) is 0 Å². The fraction of sp³-hybridized carbons (Fsp3) is 0.143. The van der Waals surface area contributed by atoms with Crippen molar-refractivity contribution in [2.45, 2.75) is 13.8 Å². The van der Waals surface area contributed by atoms with Crippen LogP contribution < -0.4 is 21.2 Å². The van der Waals surface area contributed by atoms with Crippen molar-refractivity contribution < 1.29 is 68.6 Å². The quantitative estimate of drug-likeness (QED) is 0.238. The van der Waals surface area contributed by atoms with E-state index in [2.05, 4.69) is 62.4 Å². The van der Waals surface area contributed by atoms with Crippen molar-refractivity contribution in [3.8, 4) is 0 Å². The molecule has 2 rings (SSSR count). The van der Waals surface area contributed by atoms with Gasteiger partial charge in [-0.3, -0.25) is 0 Å². The first kappa shape index (κ1) is 23.5. The molecule has 0 radical (unpaired) electrons. The zero-order valence-electron chi connectivity index (χ0n) is 12.9. The van der Waals surface area contributed by atoms with Crippen molar-refractivity contribution in [2.75, 3.05) is 0 Å². The van der Waals surface area contributed by atoms with Gasteiger partial charge in [0.1, 0.15) is 0 Å². The molecular formula is C14H18IO7PW+. The van der Waals surface area contributed by atoms with Gasteiger partial charge in [0.05, 0.1) is 0 Å². The molecular weight excluding hydrogens is 622 g/mol. The summed E-state index contributed by atoms with van der Waals surface area (Å²) in [5, 5.41) is 0. The van der Waals surface area contributed by atoms with E-state index in [0.29, 0.717) is 0 Å². The first-order chi connectivity index (χ1) is 11.0. The first-order valence-electron chi connectivity index (χ1n) is 6.33. The van der Waals surface area contributed by atoms with Crippen LogP contribution in [0.5, 0.6) is 0 Å². The zero-order chi connectivity index (χ0) is 18.8. The van der Waals surface area contributed by atoms with Crippen molar-refractivity contribution in [2.24, 2.45) is 0 Å². The number of aryl methyl sites for hydroxylation is 2. The number of benzene rings is 2. The Morgan fingerprint density at radius 2 is 1.08 bits per heavy atom. The van der Waals surface area contributed by atoms with Crippen LogP contribution >= 0.6 is 7.82 Å². The van der Waals surface area contributed by atoms with Gasteiger partial charge in [-0.05, 0) is 26.0 Å². The minimum absolute atomic E-state index is 0.0147. The second kappa shape index (κ2) is 12.0. The Hall–Kier alpha value is -0.472. The van der Waals surface area contributed by atoms with E-state index in [1.54, 1.807) is 0 Å². The summed E-state index contributed by atoms with van der Waals surface area (Å²) in [5.74, 6) is 0. The number of hydrogen-bond acceptors (Lipinski definition) is 3. The van der Waals surface area contributed by atoms with Crippen LogP contribution in [-0.4, -0.2) is 18.4 Å². The van der Waals surface area contributed by atoms with Gasteiger partial charge in [0.2, 0.25) is 0 Å². The molecule has 0 saturated carbocycles. The fourth-order valence-electron chi connectivity index (χ4n) is 1.42. The van der Waals surface area contributed by atoms with E-state index in [4.69, 9.17) is 29.8 Å². The average molecular weight is 640 g/mol. The predicted molar refractivity (Wildman–Crippen MR) is 77.6 cm³/mol. The maximum atomic E-state index is 8.88. The van der Waals surface area contributed by atoms with Crippen molar-refractivity contribution in [3.05, 3.63) is 66.8 Å². The molecule has 0 bridgehead atoms.